The monoisotopic (exact) mass is 384 g/mol. The third kappa shape index (κ3) is 3.60. The van der Waals surface area contributed by atoms with Gasteiger partial charge in [0.2, 0.25) is 5.91 Å². The number of para-hydroxylation sites is 1. The van der Waals surface area contributed by atoms with Crippen LogP contribution < -0.4 is 10.9 Å². The molecule has 2 heterocycles. The van der Waals surface area contributed by atoms with Gasteiger partial charge in [0.15, 0.2) is 5.16 Å². The van der Waals surface area contributed by atoms with Crippen LogP contribution in [-0.4, -0.2) is 32.2 Å². The molecule has 0 atom stereocenters. The molecular formula is C20H24N4O2S. The Bertz CT molecular complexity index is 1030. The van der Waals surface area contributed by atoms with E-state index < -0.39 is 0 Å². The number of carbonyl (C=O) groups is 1. The summed E-state index contributed by atoms with van der Waals surface area (Å²) in [6, 6.07) is 8.07. The molecule has 6 nitrogen and oxygen atoms in total. The molecule has 4 rings (SSSR count). The van der Waals surface area contributed by atoms with E-state index in [-0.39, 0.29) is 17.2 Å². The highest BCUT2D eigenvalue weighted by atomic mass is 32.2. The van der Waals surface area contributed by atoms with E-state index in [9.17, 15) is 9.59 Å². The van der Waals surface area contributed by atoms with Gasteiger partial charge in [-0.25, -0.2) is 4.98 Å². The normalized spacial score (nSPS) is 15.4. The first-order valence-corrected chi connectivity index (χ1v) is 10.6. The van der Waals surface area contributed by atoms with Crippen molar-refractivity contribution in [1.82, 2.24) is 19.9 Å². The van der Waals surface area contributed by atoms with Gasteiger partial charge in [-0.2, -0.15) is 0 Å². The first-order chi connectivity index (χ1) is 13.2. The number of fused-ring (bicyclic) bond motifs is 3. The summed E-state index contributed by atoms with van der Waals surface area (Å²) in [5, 5.41) is 4.65. The molecule has 7 heteroatoms. The van der Waals surface area contributed by atoms with Crippen molar-refractivity contribution in [3.05, 3.63) is 34.6 Å². The smallest absolute Gasteiger partial charge is 0.278 e. The average Bonchev–Trinajstić information content (AvgIpc) is 3.06. The molecule has 2 aromatic heterocycles. The molecule has 1 amide bonds. The maximum absolute atomic E-state index is 12.9. The molecule has 1 saturated carbocycles. The number of rotatable bonds is 5. The van der Waals surface area contributed by atoms with Gasteiger partial charge in [-0.15, -0.1) is 0 Å². The predicted molar refractivity (Wildman–Crippen MR) is 109 cm³/mol. The van der Waals surface area contributed by atoms with Crippen LogP contribution in [0, 0.1) is 0 Å². The predicted octanol–water partition coefficient (Wildman–Crippen LogP) is 3.44. The van der Waals surface area contributed by atoms with Crippen LogP contribution in [0.4, 0.5) is 0 Å². The van der Waals surface area contributed by atoms with Crippen LogP contribution in [0.2, 0.25) is 0 Å². The molecule has 1 fully saturated rings. The lowest BCUT2D eigenvalue weighted by molar-refractivity contribution is -0.119. The molecule has 1 aliphatic rings. The largest absolute Gasteiger partial charge is 0.353 e. The van der Waals surface area contributed by atoms with Crippen LogP contribution in [0.5, 0.6) is 0 Å². The average molecular weight is 385 g/mol. The highest BCUT2D eigenvalue weighted by Crippen LogP contribution is 2.24. The van der Waals surface area contributed by atoms with E-state index in [1.165, 1.54) is 31.0 Å². The standard InChI is InChI=1S/C20H24N4O2S/c1-2-24-19(26)18-17(14-10-6-7-11-15(14)22-18)23-20(24)27-12-16(25)21-13-8-4-3-5-9-13/h6-7,10-11,13,22H,2-5,8-9,12H2,1H3,(H,21,25). The first-order valence-electron chi connectivity index (χ1n) is 9.60. The molecule has 0 saturated heterocycles. The van der Waals surface area contributed by atoms with E-state index in [0.29, 0.717) is 28.8 Å². The number of hydrogen-bond donors (Lipinski definition) is 2. The number of amides is 1. The van der Waals surface area contributed by atoms with E-state index in [2.05, 4.69) is 10.3 Å². The van der Waals surface area contributed by atoms with E-state index in [1.54, 1.807) is 4.57 Å². The van der Waals surface area contributed by atoms with E-state index in [4.69, 9.17) is 4.98 Å². The van der Waals surface area contributed by atoms with Crippen LogP contribution in [-0.2, 0) is 11.3 Å². The Hall–Kier alpha value is -2.28. The lowest BCUT2D eigenvalue weighted by Gasteiger charge is -2.22. The van der Waals surface area contributed by atoms with Crippen LogP contribution in [0.1, 0.15) is 39.0 Å². The van der Waals surface area contributed by atoms with E-state index in [0.717, 1.165) is 23.7 Å². The Morgan fingerprint density at radius 3 is 2.85 bits per heavy atom. The minimum atomic E-state index is -0.0890. The molecule has 0 unspecified atom stereocenters. The van der Waals surface area contributed by atoms with Crippen LogP contribution >= 0.6 is 11.8 Å². The van der Waals surface area contributed by atoms with Gasteiger partial charge in [0.1, 0.15) is 11.0 Å². The van der Waals surface area contributed by atoms with Gasteiger partial charge in [-0.3, -0.25) is 14.2 Å². The molecule has 0 spiro atoms. The summed E-state index contributed by atoms with van der Waals surface area (Å²) in [4.78, 5) is 33.1. The summed E-state index contributed by atoms with van der Waals surface area (Å²) in [5.41, 5.74) is 2.01. The molecule has 27 heavy (non-hydrogen) atoms. The zero-order valence-electron chi connectivity index (χ0n) is 15.5. The maximum atomic E-state index is 12.9. The van der Waals surface area contributed by atoms with Gasteiger partial charge in [-0.05, 0) is 25.8 Å². The number of nitrogens with one attached hydrogen (secondary N) is 2. The molecule has 3 aromatic rings. The Balaban J connectivity index is 1.59. The summed E-state index contributed by atoms with van der Waals surface area (Å²) in [5.74, 6) is 0.291. The number of nitrogens with zero attached hydrogens (tertiary/aromatic N) is 2. The van der Waals surface area contributed by atoms with Gasteiger partial charge in [0.25, 0.3) is 5.56 Å². The second-order valence-corrected chi connectivity index (χ2v) is 7.97. The SMILES string of the molecule is CCn1c(SCC(=O)NC2CCCCC2)nc2c([nH]c3ccccc32)c1=O. The van der Waals surface area contributed by atoms with Crippen molar-refractivity contribution in [2.45, 2.75) is 56.8 Å². The third-order valence-electron chi connectivity index (χ3n) is 5.19. The van der Waals surface area contributed by atoms with Crippen molar-refractivity contribution in [2.75, 3.05) is 5.75 Å². The van der Waals surface area contributed by atoms with Gasteiger partial charge in [0.05, 0.1) is 5.75 Å². The van der Waals surface area contributed by atoms with Crippen LogP contribution in [0.25, 0.3) is 21.9 Å². The van der Waals surface area contributed by atoms with Crippen molar-refractivity contribution in [3.8, 4) is 0 Å². The molecule has 142 valence electrons. The topological polar surface area (TPSA) is 79.8 Å². The fourth-order valence-electron chi connectivity index (χ4n) is 3.81. The second-order valence-electron chi connectivity index (χ2n) is 7.03. The number of thioether (sulfide) groups is 1. The van der Waals surface area contributed by atoms with Crippen LogP contribution in [0.3, 0.4) is 0 Å². The van der Waals surface area contributed by atoms with Crippen molar-refractivity contribution in [1.29, 1.82) is 0 Å². The molecule has 2 N–H and O–H groups in total. The van der Waals surface area contributed by atoms with Gasteiger partial charge < -0.3 is 10.3 Å². The number of aromatic nitrogens is 3. The molecule has 0 bridgehead atoms. The van der Waals surface area contributed by atoms with Gasteiger partial charge in [-0.1, -0.05) is 49.2 Å². The Labute approximate surface area is 161 Å². The summed E-state index contributed by atoms with van der Waals surface area (Å²) in [7, 11) is 0. The lowest BCUT2D eigenvalue weighted by Crippen LogP contribution is -2.37. The minimum Gasteiger partial charge on any atom is -0.353 e. The molecular weight excluding hydrogens is 360 g/mol. The zero-order chi connectivity index (χ0) is 18.8. The fraction of sp³-hybridized carbons (Fsp3) is 0.450. The Kier molecular flexibility index (Phi) is 5.20. The summed E-state index contributed by atoms with van der Waals surface area (Å²) >= 11 is 1.34. The minimum absolute atomic E-state index is 0.0165. The van der Waals surface area contributed by atoms with Crippen LogP contribution in [0.15, 0.2) is 34.2 Å². The third-order valence-corrected chi connectivity index (χ3v) is 6.17. The quantitative estimate of drug-likeness (QED) is 0.522. The van der Waals surface area contributed by atoms with Crippen molar-refractivity contribution in [3.63, 3.8) is 0 Å². The van der Waals surface area contributed by atoms with Crippen molar-refractivity contribution in [2.24, 2.45) is 0 Å². The molecule has 0 radical (unpaired) electrons. The molecule has 1 aromatic carbocycles. The first kappa shape index (κ1) is 18.1. The van der Waals surface area contributed by atoms with E-state index >= 15 is 0 Å². The summed E-state index contributed by atoms with van der Waals surface area (Å²) in [6.45, 7) is 2.44. The Morgan fingerprint density at radius 1 is 1.30 bits per heavy atom. The summed E-state index contributed by atoms with van der Waals surface area (Å²) in [6.07, 6.45) is 5.77. The Morgan fingerprint density at radius 2 is 2.07 bits per heavy atom. The number of hydrogen-bond acceptors (Lipinski definition) is 4. The number of benzene rings is 1. The zero-order valence-corrected chi connectivity index (χ0v) is 16.3. The fourth-order valence-corrected chi connectivity index (χ4v) is 4.68. The van der Waals surface area contributed by atoms with Crippen molar-refractivity contribution < 1.29 is 4.79 Å². The van der Waals surface area contributed by atoms with Gasteiger partial charge >= 0.3 is 0 Å². The number of H-pyrrole nitrogens is 1. The summed E-state index contributed by atoms with van der Waals surface area (Å²) < 4.78 is 1.64. The highest BCUT2D eigenvalue weighted by molar-refractivity contribution is 7.99. The highest BCUT2D eigenvalue weighted by Gasteiger charge is 2.18. The van der Waals surface area contributed by atoms with E-state index in [1.807, 2.05) is 31.2 Å². The molecule has 0 aliphatic heterocycles. The van der Waals surface area contributed by atoms with Crippen molar-refractivity contribution >= 4 is 39.6 Å². The molecule has 1 aliphatic carbocycles. The number of carbonyl (C=O) groups excluding carboxylic acids is 1. The maximum Gasteiger partial charge on any atom is 0.278 e. The number of aromatic amines is 1. The van der Waals surface area contributed by atoms with Gasteiger partial charge in [0, 0.05) is 23.5 Å². The lowest BCUT2D eigenvalue weighted by atomic mass is 9.95. The second kappa shape index (κ2) is 7.76.